The number of pyridine rings is 2. The van der Waals surface area contributed by atoms with E-state index in [9.17, 15) is 0 Å². The van der Waals surface area contributed by atoms with Gasteiger partial charge in [-0.15, -0.1) is 0 Å². The van der Waals surface area contributed by atoms with Crippen molar-refractivity contribution in [3.8, 4) is 0 Å². The molecule has 0 saturated carbocycles. The molecule has 2 fully saturated rings. The van der Waals surface area contributed by atoms with E-state index < -0.39 is 0 Å². The average molecular weight is 376 g/mol. The normalized spacial score (nSPS) is 22.2. The van der Waals surface area contributed by atoms with Gasteiger partial charge < -0.3 is 9.30 Å². The van der Waals surface area contributed by atoms with Gasteiger partial charge in [-0.05, 0) is 76.6 Å². The van der Waals surface area contributed by atoms with Crippen molar-refractivity contribution in [2.75, 3.05) is 26.7 Å². The molecule has 3 aromatic heterocycles. The van der Waals surface area contributed by atoms with E-state index in [4.69, 9.17) is 4.98 Å². The zero-order chi connectivity index (χ0) is 18.9. The molecule has 1 unspecified atom stereocenters. The van der Waals surface area contributed by atoms with Crippen molar-refractivity contribution in [3.63, 3.8) is 0 Å². The third-order valence-electron chi connectivity index (χ3n) is 6.49. The Labute approximate surface area is 167 Å². The zero-order valence-electron chi connectivity index (χ0n) is 16.7. The minimum Gasteiger partial charge on any atom is -0.306 e. The van der Waals surface area contributed by atoms with E-state index in [1.807, 2.05) is 12.3 Å². The van der Waals surface area contributed by atoms with Crippen molar-refractivity contribution in [1.29, 1.82) is 0 Å². The molecule has 28 heavy (non-hydrogen) atoms. The topological polar surface area (TPSA) is 36.7 Å². The highest BCUT2D eigenvalue weighted by atomic mass is 15.2. The van der Waals surface area contributed by atoms with Crippen LogP contribution in [-0.2, 0) is 6.54 Å². The number of piperidine rings is 1. The van der Waals surface area contributed by atoms with E-state index in [1.165, 1.54) is 55.9 Å². The van der Waals surface area contributed by atoms with Gasteiger partial charge in [0.05, 0.1) is 23.1 Å². The van der Waals surface area contributed by atoms with Crippen LogP contribution in [0.2, 0.25) is 0 Å². The molecule has 0 aromatic carbocycles. The average Bonchev–Trinajstić information content (AvgIpc) is 3.34. The van der Waals surface area contributed by atoms with Crippen molar-refractivity contribution in [3.05, 3.63) is 65.9 Å². The lowest BCUT2D eigenvalue weighted by molar-refractivity contribution is 0.234. The van der Waals surface area contributed by atoms with Crippen LogP contribution in [0.4, 0.5) is 0 Å². The number of likely N-dealkylation sites (tertiary alicyclic amines) is 2. The molecule has 2 saturated heterocycles. The Hall–Kier alpha value is -2.24. The largest absolute Gasteiger partial charge is 0.306 e. The van der Waals surface area contributed by atoms with Gasteiger partial charge in [-0.2, -0.15) is 0 Å². The minimum atomic E-state index is 0.413. The first kappa shape index (κ1) is 17.8. The predicted octanol–water partition coefficient (Wildman–Crippen LogP) is 3.88. The monoisotopic (exact) mass is 375 g/mol. The van der Waals surface area contributed by atoms with Gasteiger partial charge in [-0.25, -0.2) is 4.98 Å². The van der Waals surface area contributed by atoms with E-state index >= 15 is 0 Å². The molecule has 5 heteroatoms. The molecule has 5 nitrogen and oxygen atoms in total. The molecule has 5 rings (SSSR count). The van der Waals surface area contributed by atoms with Crippen LogP contribution in [0.3, 0.4) is 0 Å². The highest BCUT2D eigenvalue weighted by Crippen LogP contribution is 2.35. The molecule has 2 aliphatic heterocycles. The molecule has 0 amide bonds. The van der Waals surface area contributed by atoms with E-state index in [0.717, 1.165) is 18.7 Å². The van der Waals surface area contributed by atoms with Gasteiger partial charge in [0.15, 0.2) is 0 Å². The first-order valence-electron chi connectivity index (χ1n) is 10.6. The second kappa shape index (κ2) is 7.64. The molecule has 2 aliphatic rings. The van der Waals surface area contributed by atoms with E-state index in [1.54, 1.807) is 0 Å². The molecular weight excluding hydrogens is 346 g/mol. The summed E-state index contributed by atoms with van der Waals surface area (Å²) < 4.78 is 2.34. The molecule has 0 bridgehead atoms. The van der Waals surface area contributed by atoms with Crippen LogP contribution in [0, 0.1) is 0 Å². The van der Waals surface area contributed by atoms with Gasteiger partial charge >= 0.3 is 0 Å². The van der Waals surface area contributed by atoms with Gasteiger partial charge in [-0.3, -0.25) is 9.88 Å². The van der Waals surface area contributed by atoms with Crippen molar-refractivity contribution >= 4 is 5.65 Å². The lowest BCUT2D eigenvalue weighted by Gasteiger charge is -2.30. The fourth-order valence-electron chi connectivity index (χ4n) is 5.01. The Bertz CT molecular complexity index is 927. The molecule has 146 valence electrons. The Kier molecular flexibility index (Phi) is 4.87. The van der Waals surface area contributed by atoms with Crippen LogP contribution in [0.1, 0.15) is 54.7 Å². The standard InChI is InChI=1S/C23H29N5/c1-26-15-10-18(11-16-26)23-20(25-22-9-3-5-14-28(22)23)17-27-13-6-8-21(27)19-7-2-4-12-24-19/h2-5,7,9,12,14,18,21H,6,8,10-11,13,15-17H2,1H3. The van der Waals surface area contributed by atoms with Crippen LogP contribution >= 0.6 is 0 Å². The Morgan fingerprint density at radius 3 is 2.68 bits per heavy atom. The molecule has 0 aliphatic carbocycles. The lowest BCUT2D eigenvalue weighted by atomic mass is 9.92. The Morgan fingerprint density at radius 1 is 1.00 bits per heavy atom. The first-order chi connectivity index (χ1) is 13.8. The summed E-state index contributed by atoms with van der Waals surface area (Å²) in [5, 5.41) is 0. The third-order valence-corrected chi connectivity index (χ3v) is 6.49. The number of nitrogens with zero attached hydrogens (tertiary/aromatic N) is 5. The SMILES string of the molecule is CN1CCC(c2c(CN3CCCC3c3ccccn3)nc3ccccn23)CC1. The number of imidazole rings is 1. The van der Waals surface area contributed by atoms with Crippen LogP contribution in [-0.4, -0.2) is 50.9 Å². The van der Waals surface area contributed by atoms with Gasteiger partial charge in [-0.1, -0.05) is 12.1 Å². The fraction of sp³-hybridized carbons (Fsp3) is 0.478. The maximum absolute atomic E-state index is 5.09. The van der Waals surface area contributed by atoms with Gasteiger partial charge in [0.25, 0.3) is 0 Å². The molecule has 0 N–H and O–H groups in total. The number of fused-ring (bicyclic) bond motifs is 1. The number of hydrogen-bond acceptors (Lipinski definition) is 4. The van der Waals surface area contributed by atoms with Crippen molar-refractivity contribution in [1.82, 2.24) is 24.2 Å². The van der Waals surface area contributed by atoms with Crippen LogP contribution < -0.4 is 0 Å². The second-order valence-corrected chi connectivity index (χ2v) is 8.33. The third kappa shape index (κ3) is 3.33. The number of hydrogen-bond donors (Lipinski definition) is 0. The van der Waals surface area contributed by atoms with E-state index in [-0.39, 0.29) is 0 Å². The summed E-state index contributed by atoms with van der Waals surface area (Å²) in [5.41, 5.74) is 4.99. The summed E-state index contributed by atoms with van der Waals surface area (Å²) in [4.78, 5) is 14.8. The van der Waals surface area contributed by atoms with E-state index in [2.05, 4.69) is 62.8 Å². The van der Waals surface area contributed by atoms with Crippen LogP contribution in [0.5, 0.6) is 0 Å². The summed E-state index contributed by atoms with van der Waals surface area (Å²) >= 11 is 0. The molecular formula is C23H29N5. The molecule has 1 atom stereocenters. The summed E-state index contributed by atoms with van der Waals surface area (Å²) in [6, 6.07) is 13.1. The van der Waals surface area contributed by atoms with Crippen molar-refractivity contribution < 1.29 is 0 Å². The van der Waals surface area contributed by atoms with Crippen LogP contribution in [0.15, 0.2) is 48.8 Å². The smallest absolute Gasteiger partial charge is 0.137 e. The Balaban J connectivity index is 1.48. The lowest BCUT2D eigenvalue weighted by Crippen LogP contribution is -2.30. The maximum atomic E-state index is 5.09. The first-order valence-corrected chi connectivity index (χ1v) is 10.6. The van der Waals surface area contributed by atoms with Gasteiger partial charge in [0.1, 0.15) is 5.65 Å². The number of aromatic nitrogens is 3. The van der Waals surface area contributed by atoms with Crippen LogP contribution in [0.25, 0.3) is 5.65 Å². The molecule has 5 heterocycles. The Morgan fingerprint density at radius 2 is 1.86 bits per heavy atom. The molecule has 3 aromatic rings. The summed E-state index contributed by atoms with van der Waals surface area (Å²) in [6.07, 6.45) is 8.97. The maximum Gasteiger partial charge on any atom is 0.137 e. The van der Waals surface area contributed by atoms with Crippen molar-refractivity contribution in [2.45, 2.75) is 44.2 Å². The summed E-state index contributed by atoms with van der Waals surface area (Å²) in [5.74, 6) is 0.597. The predicted molar refractivity (Wildman–Crippen MR) is 111 cm³/mol. The molecule has 0 spiro atoms. The summed E-state index contributed by atoms with van der Waals surface area (Å²) in [6.45, 7) is 4.39. The minimum absolute atomic E-state index is 0.413. The summed E-state index contributed by atoms with van der Waals surface area (Å²) in [7, 11) is 2.23. The van der Waals surface area contributed by atoms with Gasteiger partial charge in [0, 0.05) is 24.9 Å². The highest BCUT2D eigenvalue weighted by Gasteiger charge is 2.31. The number of rotatable bonds is 4. The highest BCUT2D eigenvalue weighted by molar-refractivity contribution is 5.44. The molecule has 0 radical (unpaired) electrons. The van der Waals surface area contributed by atoms with Crippen molar-refractivity contribution in [2.24, 2.45) is 0 Å². The second-order valence-electron chi connectivity index (χ2n) is 8.33. The fourth-order valence-corrected chi connectivity index (χ4v) is 5.01. The van der Waals surface area contributed by atoms with E-state index in [0.29, 0.717) is 12.0 Å². The zero-order valence-corrected chi connectivity index (χ0v) is 16.7. The quantitative estimate of drug-likeness (QED) is 0.694. The van der Waals surface area contributed by atoms with Gasteiger partial charge in [0.2, 0.25) is 0 Å².